The number of ether oxygens (including phenoxy) is 7. The third-order valence-electron chi connectivity index (χ3n) is 14.0. The van der Waals surface area contributed by atoms with Crippen molar-refractivity contribution < 1.29 is 97.6 Å². The minimum atomic E-state index is -1.82. The number of aromatic nitrogens is 3. The van der Waals surface area contributed by atoms with Crippen LogP contribution in [0.3, 0.4) is 0 Å². The molecule has 1 saturated carbocycles. The first-order chi connectivity index (χ1) is 35.3. The van der Waals surface area contributed by atoms with E-state index in [2.05, 4.69) is 26.3 Å². The van der Waals surface area contributed by atoms with Gasteiger partial charge in [0.1, 0.15) is 90.7 Å². The van der Waals surface area contributed by atoms with E-state index in [0.717, 1.165) is 11.1 Å². The van der Waals surface area contributed by atoms with Crippen molar-refractivity contribution in [3.05, 3.63) is 36.3 Å². The first kappa shape index (κ1) is 57.3. The fourth-order valence-electron chi connectivity index (χ4n) is 9.99. The van der Waals surface area contributed by atoms with E-state index in [1.165, 1.54) is 45.2 Å². The van der Waals surface area contributed by atoms with Crippen molar-refractivity contribution in [3.63, 3.8) is 0 Å². The van der Waals surface area contributed by atoms with Gasteiger partial charge < -0.3 is 94.9 Å². The Morgan fingerprint density at radius 3 is 2.19 bits per heavy atom. The summed E-state index contributed by atoms with van der Waals surface area (Å²) in [5.41, 5.74) is 0.608. The molecule has 20 atom stereocenters. The van der Waals surface area contributed by atoms with Gasteiger partial charge in [-0.25, -0.2) is 9.07 Å². The molecule has 0 radical (unpaired) electrons. The average molecular weight is 1060 g/mol. The van der Waals surface area contributed by atoms with E-state index < -0.39 is 159 Å². The van der Waals surface area contributed by atoms with E-state index in [0.29, 0.717) is 25.1 Å². The monoisotopic (exact) mass is 1060 g/mol. The number of hydrogen-bond donors (Lipinski definition) is 11. The summed E-state index contributed by atoms with van der Waals surface area (Å²) >= 11 is 0. The summed E-state index contributed by atoms with van der Waals surface area (Å²) in [5.74, 6) is -3.67. The molecule has 5 heterocycles. The molecular formula is C47H70FN7O19. The fraction of sp³-hybridized carbons (Fsp3) is 0.745. The van der Waals surface area contributed by atoms with Crippen molar-refractivity contribution in [1.29, 1.82) is 0 Å². The smallest absolute Gasteiger partial charge is 0.251 e. The first-order valence-corrected chi connectivity index (χ1v) is 25.0. The zero-order chi connectivity index (χ0) is 53.5. The van der Waals surface area contributed by atoms with Crippen LogP contribution in [0.25, 0.3) is 11.3 Å². The van der Waals surface area contributed by atoms with Gasteiger partial charge in [0, 0.05) is 45.0 Å². The van der Waals surface area contributed by atoms with E-state index >= 15 is 0 Å². The molecule has 2 aromatic rings. The van der Waals surface area contributed by atoms with Gasteiger partial charge in [-0.15, -0.1) is 5.10 Å². The predicted molar refractivity (Wildman–Crippen MR) is 248 cm³/mol. The lowest BCUT2D eigenvalue weighted by atomic mass is 9.80. The number of rotatable bonds is 20. The van der Waals surface area contributed by atoms with Crippen molar-refractivity contribution in [2.45, 2.75) is 176 Å². The maximum absolute atomic E-state index is 14.2. The van der Waals surface area contributed by atoms with E-state index in [-0.39, 0.29) is 44.0 Å². The Labute approximate surface area is 425 Å². The molecule has 4 aliphatic heterocycles. The molecular weight excluding hydrogens is 986 g/mol. The molecule has 5 fully saturated rings. The van der Waals surface area contributed by atoms with Crippen LogP contribution in [-0.2, 0) is 52.3 Å². The minimum absolute atomic E-state index is 0.125. The number of benzene rings is 1. The predicted octanol–water partition coefficient (Wildman–Crippen LogP) is -3.92. The number of carbonyl (C=O) groups excluding carboxylic acids is 4. The maximum atomic E-state index is 14.2. The van der Waals surface area contributed by atoms with Gasteiger partial charge in [0.15, 0.2) is 18.9 Å². The zero-order valence-electron chi connectivity index (χ0n) is 41.4. The molecule has 1 aromatic heterocycles. The van der Waals surface area contributed by atoms with Crippen LogP contribution in [0.4, 0.5) is 4.39 Å². The number of halogens is 1. The van der Waals surface area contributed by atoms with Crippen LogP contribution in [0, 0.1) is 11.7 Å². The largest absolute Gasteiger partial charge is 0.394 e. The molecule has 7 rings (SSSR count). The second-order valence-electron chi connectivity index (χ2n) is 19.4. The number of likely N-dealkylation sites (tertiary alicyclic amines) is 1. The van der Waals surface area contributed by atoms with Crippen LogP contribution in [0.2, 0.25) is 0 Å². The van der Waals surface area contributed by atoms with E-state index in [1.54, 1.807) is 11.0 Å². The number of nitrogens with zero attached hydrogens (tertiary/aromatic N) is 4. The van der Waals surface area contributed by atoms with Crippen LogP contribution in [0.5, 0.6) is 0 Å². The number of nitrogens with one attached hydrogen (secondary N) is 3. The summed E-state index contributed by atoms with van der Waals surface area (Å²) in [6.07, 6.45) is -20.8. The molecule has 414 valence electrons. The Hall–Kier alpha value is -4.43. The summed E-state index contributed by atoms with van der Waals surface area (Å²) in [5, 5.41) is 103. The third-order valence-corrected chi connectivity index (χ3v) is 14.0. The number of carbonyl (C=O) groups is 4. The van der Waals surface area contributed by atoms with Crippen LogP contribution in [-0.4, -0.2) is 234 Å². The summed E-state index contributed by atoms with van der Waals surface area (Å²) in [6.45, 7) is 4.73. The van der Waals surface area contributed by atoms with Gasteiger partial charge in [-0.1, -0.05) is 30.7 Å². The zero-order valence-corrected chi connectivity index (χ0v) is 41.4. The molecule has 1 aromatic carbocycles. The van der Waals surface area contributed by atoms with E-state index in [4.69, 9.17) is 33.2 Å². The Balaban J connectivity index is 1.11. The van der Waals surface area contributed by atoms with Crippen LogP contribution in [0.1, 0.15) is 65.8 Å². The molecule has 0 spiro atoms. The number of amides is 4. The lowest BCUT2D eigenvalue weighted by Crippen LogP contribution is -2.68. The SMILES string of the molecule is CCC[C@H](OC1C(NC(C)=O)[C@H](O[C@@H]2CC(C(=O)NCCO[C@H]3OC(CO)[C@@H](O)C(n4cc(-c5cccc(F)c5)nn4)C3O)C[C@@H](NC(C)=O)C2O[C@@H]2OC(C)[C@@H](O)C(O)C2O)OC(CO)[C@@H]1O)C(=O)N1CCC1. The highest BCUT2D eigenvalue weighted by Gasteiger charge is 2.54. The van der Waals surface area contributed by atoms with Crippen molar-refractivity contribution in [3.8, 4) is 11.3 Å². The van der Waals surface area contributed by atoms with Gasteiger partial charge in [0.25, 0.3) is 5.91 Å². The molecule has 26 nitrogen and oxygen atoms in total. The molecule has 11 N–H and O–H groups in total. The minimum Gasteiger partial charge on any atom is -0.394 e. The number of aliphatic hydroxyl groups excluding tert-OH is 8. The molecule has 27 heteroatoms. The molecule has 11 unspecified atom stereocenters. The third kappa shape index (κ3) is 13.2. The lowest BCUT2D eigenvalue weighted by molar-refractivity contribution is -0.335. The van der Waals surface area contributed by atoms with Crippen molar-refractivity contribution >= 4 is 23.6 Å². The molecule has 4 amide bonds. The quantitative estimate of drug-likeness (QED) is 0.0564. The molecule has 5 aliphatic rings. The normalized spacial score (nSPS) is 36.8. The topological polar surface area (TPSA) is 365 Å². The summed E-state index contributed by atoms with van der Waals surface area (Å²) in [6, 6.07) is 1.80. The van der Waals surface area contributed by atoms with Crippen LogP contribution < -0.4 is 16.0 Å². The number of hydrogen-bond acceptors (Lipinski definition) is 21. The molecule has 1 aliphatic carbocycles. The average Bonchev–Trinajstić information content (AvgIpc) is 3.83. The van der Waals surface area contributed by atoms with Gasteiger partial charge >= 0.3 is 0 Å². The van der Waals surface area contributed by atoms with Crippen molar-refractivity contribution in [2.24, 2.45) is 5.92 Å². The first-order valence-electron chi connectivity index (χ1n) is 25.0. The standard InChI is InChI=1S/C47H70FN7O19/c1-5-8-29(44(67)54-12-7-13-54)70-42-33(51-23(4)59)45(72-32(20-57)37(42)62)71-30-17-25(16-27(50-22(3)58)41(30)74-47-40(65)39(64)35(60)21(2)69-47)43(66)49-11-14-68-46-38(63)34(36(61)31(19-56)73-46)55-18-28(52-53-55)24-9-6-10-26(48)15-24/h6,9-10,15,18,21,25,27,29-42,45-47,56-57,60-65H,5,7-8,11-14,16-17,19-20H2,1-4H3,(H,49,66)(H,50,58)(H,51,59)/t21?,25?,27-,29+,30-,31?,32?,33?,34?,35-,36-,37+,38?,39?,40?,41?,42?,45-,46+,47+/m1/s1. The second kappa shape index (κ2) is 25.6. The highest BCUT2D eigenvalue weighted by molar-refractivity contribution is 5.81. The maximum Gasteiger partial charge on any atom is 0.251 e. The fourth-order valence-corrected chi connectivity index (χ4v) is 9.99. The number of aliphatic hydroxyl groups is 8. The van der Waals surface area contributed by atoms with Crippen LogP contribution >= 0.6 is 0 Å². The van der Waals surface area contributed by atoms with Gasteiger partial charge in [-0.3, -0.25) is 19.2 Å². The van der Waals surface area contributed by atoms with Gasteiger partial charge in [0.05, 0.1) is 44.3 Å². The van der Waals surface area contributed by atoms with Gasteiger partial charge in [-0.2, -0.15) is 0 Å². The van der Waals surface area contributed by atoms with E-state index in [1.807, 2.05) is 6.92 Å². The van der Waals surface area contributed by atoms with Gasteiger partial charge in [0.2, 0.25) is 17.7 Å². The van der Waals surface area contributed by atoms with Crippen molar-refractivity contribution in [1.82, 2.24) is 35.8 Å². The van der Waals surface area contributed by atoms with Gasteiger partial charge in [-0.05, 0) is 44.7 Å². The Morgan fingerprint density at radius 2 is 1.54 bits per heavy atom. The van der Waals surface area contributed by atoms with Crippen molar-refractivity contribution in [2.75, 3.05) is 39.5 Å². The Bertz CT molecular complexity index is 2200. The Kier molecular flexibility index (Phi) is 19.8. The van der Waals surface area contributed by atoms with E-state index in [9.17, 15) is 64.4 Å². The highest BCUT2D eigenvalue weighted by Crippen LogP contribution is 2.37. The van der Waals surface area contributed by atoms with Crippen LogP contribution in [0.15, 0.2) is 30.5 Å². The summed E-state index contributed by atoms with van der Waals surface area (Å²) < 4.78 is 57.9. The Morgan fingerprint density at radius 1 is 0.838 bits per heavy atom. The summed E-state index contributed by atoms with van der Waals surface area (Å²) in [7, 11) is 0. The lowest BCUT2D eigenvalue weighted by Gasteiger charge is -2.49. The summed E-state index contributed by atoms with van der Waals surface area (Å²) in [4.78, 5) is 55.1. The molecule has 4 saturated heterocycles. The molecule has 0 bridgehead atoms. The molecule has 74 heavy (non-hydrogen) atoms. The second-order valence-corrected chi connectivity index (χ2v) is 19.4. The highest BCUT2D eigenvalue weighted by atomic mass is 19.1.